The predicted octanol–water partition coefficient (Wildman–Crippen LogP) is 1.43. The summed E-state index contributed by atoms with van der Waals surface area (Å²) >= 11 is 0. The van der Waals surface area contributed by atoms with Gasteiger partial charge in [-0.05, 0) is 18.6 Å². The molecule has 106 valence electrons. The van der Waals surface area contributed by atoms with Gasteiger partial charge in [-0.2, -0.15) is 4.98 Å². The van der Waals surface area contributed by atoms with Crippen LogP contribution >= 0.6 is 0 Å². The van der Waals surface area contributed by atoms with Gasteiger partial charge < -0.3 is 10.6 Å². The third-order valence-electron chi connectivity index (χ3n) is 3.24. The molecular weight excluding hydrogens is 271 g/mol. The number of aromatic nitrogens is 3. The molecule has 5 nitrogen and oxygen atoms in total. The quantitative estimate of drug-likeness (QED) is 0.818. The van der Waals surface area contributed by atoms with Gasteiger partial charge in [-0.1, -0.05) is 0 Å². The van der Waals surface area contributed by atoms with Gasteiger partial charge in [-0.15, -0.1) is 5.10 Å². The monoisotopic (exact) mass is 283 g/mol. The van der Waals surface area contributed by atoms with Gasteiger partial charge >= 0.3 is 0 Å². The number of nitrogens with zero attached hydrogens (tertiary/aromatic N) is 3. The van der Waals surface area contributed by atoms with Crippen LogP contribution in [0.2, 0.25) is 0 Å². The Labute approximate surface area is 112 Å². The van der Waals surface area contributed by atoms with E-state index in [1.165, 1.54) is 0 Å². The first kappa shape index (κ1) is 12.9. The molecule has 0 aliphatic carbocycles. The van der Waals surface area contributed by atoms with Crippen molar-refractivity contribution in [2.24, 2.45) is 5.73 Å². The lowest BCUT2D eigenvalue weighted by atomic mass is 10.2. The van der Waals surface area contributed by atoms with E-state index in [4.69, 9.17) is 5.73 Å². The standard InChI is InChI=1S/C12H12F3N5/c13-8-3-6(4-9(14)10(8)15)11-17-12(19-18-11)20-2-1-7(16)5-20/h3-4,7H,1-2,5,16H2,(H,17,18,19). The number of anilines is 1. The Morgan fingerprint density at radius 3 is 2.55 bits per heavy atom. The van der Waals surface area contributed by atoms with Gasteiger partial charge in [-0.25, -0.2) is 13.2 Å². The third kappa shape index (κ3) is 2.22. The van der Waals surface area contributed by atoms with Crippen molar-refractivity contribution in [3.05, 3.63) is 29.6 Å². The Bertz CT molecular complexity index is 619. The topological polar surface area (TPSA) is 70.8 Å². The molecule has 1 unspecified atom stereocenters. The maximum absolute atomic E-state index is 13.2. The minimum Gasteiger partial charge on any atom is -0.338 e. The van der Waals surface area contributed by atoms with Gasteiger partial charge in [0, 0.05) is 24.7 Å². The fraction of sp³-hybridized carbons (Fsp3) is 0.333. The summed E-state index contributed by atoms with van der Waals surface area (Å²) in [6.45, 7) is 1.36. The van der Waals surface area contributed by atoms with Crippen LogP contribution in [-0.2, 0) is 0 Å². The Hall–Kier alpha value is -2.09. The second-order valence-corrected chi connectivity index (χ2v) is 4.73. The number of nitrogens with one attached hydrogen (secondary N) is 1. The van der Waals surface area contributed by atoms with Crippen molar-refractivity contribution < 1.29 is 13.2 Å². The molecule has 1 aromatic heterocycles. The average Bonchev–Trinajstić information content (AvgIpc) is 3.03. The van der Waals surface area contributed by atoms with Crippen molar-refractivity contribution in [1.82, 2.24) is 15.2 Å². The molecule has 20 heavy (non-hydrogen) atoms. The molecule has 3 N–H and O–H groups in total. The fourth-order valence-electron chi connectivity index (χ4n) is 2.18. The van der Waals surface area contributed by atoms with E-state index in [2.05, 4.69) is 15.2 Å². The van der Waals surface area contributed by atoms with Crippen LogP contribution in [0.15, 0.2) is 12.1 Å². The molecule has 3 rings (SSSR count). The summed E-state index contributed by atoms with van der Waals surface area (Å²) in [5, 5.41) is 6.57. The number of aromatic amines is 1. The fourth-order valence-corrected chi connectivity index (χ4v) is 2.18. The van der Waals surface area contributed by atoms with E-state index < -0.39 is 17.5 Å². The zero-order valence-corrected chi connectivity index (χ0v) is 10.4. The lowest BCUT2D eigenvalue weighted by Gasteiger charge is -2.11. The molecular formula is C12H12F3N5. The van der Waals surface area contributed by atoms with E-state index in [1.807, 2.05) is 4.90 Å². The average molecular weight is 283 g/mol. The lowest BCUT2D eigenvalue weighted by Crippen LogP contribution is -2.26. The maximum Gasteiger partial charge on any atom is 0.245 e. The van der Waals surface area contributed by atoms with Gasteiger partial charge in [0.15, 0.2) is 23.3 Å². The summed E-state index contributed by atoms with van der Waals surface area (Å²) in [7, 11) is 0. The second kappa shape index (κ2) is 4.78. The van der Waals surface area contributed by atoms with Gasteiger partial charge in [-0.3, -0.25) is 5.10 Å². The lowest BCUT2D eigenvalue weighted by molar-refractivity contribution is 0.447. The van der Waals surface area contributed by atoms with Crippen molar-refractivity contribution in [2.75, 3.05) is 18.0 Å². The number of benzene rings is 1. The zero-order chi connectivity index (χ0) is 14.3. The van der Waals surface area contributed by atoms with Gasteiger partial charge in [0.2, 0.25) is 5.95 Å². The molecule has 0 radical (unpaired) electrons. The van der Waals surface area contributed by atoms with Crippen LogP contribution in [0.4, 0.5) is 19.1 Å². The number of hydrogen-bond donors (Lipinski definition) is 2. The van der Waals surface area contributed by atoms with Crippen molar-refractivity contribution in [3.63, 3.8) is 0 Å². The van der Waals surface area contributed by atoms with Crippen LogP contribution < -0.4 is 10.6 Å². The minimum atomic E-state index is -1.50. The van der Waals surface area contributed by atoms with E-state index in [1.54, 1.807) is 0 Å². The van der Waals surface area contributed by atoms with Gasteiger partial charge in [0.25, 0.3) is 0 Å². The van der Waals surface area contributed by atoms with Crippen LogP contribution in [0.5, 0.6) is 0 Å². The Morgan fingerprint density at radius 2 is 1.95 bits per heavy atom. The first-order chi connectivity index (χ1) is 9.54. The molecule has 0 spiro atoms. The van der Waals surface area contributed by atoms with Gasteiger partial charge in [0.1, 0.15) is 0 Å². The highest BCUT2D eigenvalue weighted by molar-refractivity contribution is 5.56. The van der Waals surface area contributed by atoms with E-state index in [9.17, 15) is 13.2 Å². The molecule has 8 heteroatoms. The van der Waals surface area contributed by atoms with Crippen LogP contribution in [0.3, 0.4) is 0 Å². The predicted molar refractivity (Wildman–Crippen MR) is 66.5 cm³/mol. The summed E-state index contributed by atoms with van der Waals surface area (Å²) in [6.07, 6.45) is 0.837. The van der Waals surface area contributed by atoms with Crippen molar-refractivity contribution in [1.29, 1.82) is 0 Å². The molecule has 1 aliphatic rings. The molecule has 1 aromatic carbocycles. The van der Waals surface area contributed by atoms with Crippen LogP contribution in [0.25, 0.3) is 11.4 Å². The first-order valence-electron chi connectivity index (χ1n) is 6.12. The van der Waals surface area contributed by atoms with Crippen LogP contribution in [0.1, 0.15) is 6.42 Å². The minimum absolute atomic E-state index is 0.0673. The molecule has 0 amide bonds. The van der Waals surface area contributed by atoms with E-state index in [0.717, 1.165) is 25.1 Å². The normalized spacial score (nSPS) is 18.8. The van der Waals surface area contributed by atoms with Crippen molar-refractivity contribution in [3.8, 4) is 11.4 Å². The van der Waals surface area contributed by atoms with Crippen LogP contribution in [0, 0.1) is 17.5 Å². The summed E-state index contributed by atoms with van der Waals surface area (Å²) in [5.74, 6) is -3.43. The first-order valence-corrected chi connectivity index (χ1v) is 6.12. The van der Waals surface area contributed by atoms with Crippen molar-refractivity contribution in [2.45, 2.75) is 12.5 Å². The van der Waals surface area contributed by atoms with E-state index >= 15 is 0 Å². The van der Waals surface area contributed by atoms with Crippen LogP contribution in [-0.4, -0.2) is 34.3 Å². The summed E-state index contributed by atoms with van der Waals surface area (Å²) < 4.78 is 39.3. The molecule has 0 saturated carbocycles. The Balaban J connectivity index is 1.90. The zero-order valence-electron chi connectivity index (χ0n) is 10.4. The van der Waals surface area contributed by atoms with Crippen molar-refractivity contribution >= 4 is 5.95 Å². The molecule has 2 heterocycles. The van der Waals surface area contributed by atoms with Gasteiger partial charge in [0.05, 0.1) is 0 Å². The Morgan fingerprint density at radius 1 is 1.25 bits per heavy atom. The third-order valence-corrected chi connectivity index (χ3v) is 3.24. The number of hydrogen-bond acceptors (Lipinski definition) is 4. The largest absolute Gasteiger partial charge is 0.338 e. The van der Waals surface area contributed by atoms with E-state index in [-0.39, 0.29) is 17.4 Å². The highest BCUT2D eigenvalue weighted by atomic mass is 19.2. The second-order valence-electron chi connectivity index (χ2n) is 4.73. The smallest absolute Gasteiger partial charge is 0.245 e. The highest BCUT2D eigenvalue weighted by Gasteiger charge is 2.23. The Kier molecular flexibility index (Phi) is 3.09. The van der Waals surface area contributed by atoms with E-state index in [0.29, 0.717) is 12.5 Å². The molecule has 1 saturated heterocycles. The number of rotatable bonds is 2. The molecule has 0 bridgehead atoms. The summed E-state index contributed by atoms with van der Waals surface area (Å²) in [6, 6.07) is 1.81. The molecule has 2 aromatic rings. The summed E-state index contributed by atoms with van der Waals surface area (Å²) in [5.41, 5.74) is 5.89. The summed E-state index contributed by atoms with van der Waals surface area (Å²) in [4.78, 5) is 6.03. The number of nitrogens with two attached hydrogens (primary N) is 1. The SMILES string of the molecule is NC1CCN(c2n[nH]c(-c3cc(F)c(F)c(F)c3)n2)C1. The highest BCUT2D eigenvalue weighted by Crippen LogP contribution is 2.23. The number of halogens is 3. The molecule has 1 atom stereocenters. The maximum atomic E-state index is 13.2. The molecule has 1 fully saturated rings. The number of H-pyrrole nitrogens is 1. The molecule has 1 aliphatic heterocycles.